The van der Waals surface area contributed by atoms with Crippen LogP contribution in [-0.2, 0) is 0 Å². The van der Waals surface area contributed by atoms with Crippen LogP contribution in [0.2, 0.25) is 0 Å². The maximum Gasteiger partial charge on any atom is 0.0733 e. The fourth-order valence-electron chi connectivity index (χ4n) is 5.02. The van der Waals surface area contributed by atoms with Gasteiger partial charge in [0, 0.05) is 5.92 Å². The van der Waals surface area contributed by atoms with Gasteiger partial charge in [0.2, 0.25) is 0 Å². The van der Waals surface area contributed by atoms with E-state index in [9.17, 15) is 0 Å². The van der Waals surface area contributed by atoms with Gasteiger partial charge in [0.1, 0.15) is 0 Å². The molecule has 0 spiro atoms. The predicted octanol–water partition coefficient (Wildman–Crippen LogP) is 7.84. The average molecular weight is 403 g/mol. The highest BCUT2D eigenvalue weighted by Gasteiger charge is 2.29. The summed E-state index contributed by atoms with van der Waals surface area (Å²) >= 11 is 0. The molecular weight excluding hydrogens is 364 g/mol. The molecule has 160 valence electrons. The van der Waals surface area contributed by atoms with Crippen LogP contribution in [0.25, 0.3) is 0 Å². The van der Waals surface area contributed by atoms with Crippen LogP contribution in [0.1, 0.15) is 81.9 Å². The Balaban J connectivity index is 1.73. The van der Waals surface area contributed by atoms with E-state index >= 15 is 0 Å². The normalized spacial score (nSPS) is 20.2. The third kappa shape index (κ3) is 6.39. The molecule has 0 N–H and O–H groups in total. The lowest BCUT2D eigenvalue weighted by Gasteiger charge is -2.34. The first-order valence-electron chi connectivity index (χ1n) is 11.9. The molecule has 2 aromatic carbocycles. The second-order valence-electron chi connectivity index (χ2n) is 8.96. The Bertz CT molecular complexity index is 790. The molecule has 0 unspecified atom stereocenters. The van der Waals surface area contributed by atoms with Gasteiger partial charge in [-0.25, -0.2) is 0 Å². The molecule has 0 atom stereocenters. The topological polar surface area (TPSA) is 24.7 Å². The molecule has 2 nitrogen and oxygen atoms in total. The molecule has 1 fully saturated rings. The lowest BCUT2D eigenvalue weighted by Crippen LogP contribution is -2.26. The van der Waals surface area contributed by atoms with Gasteiger partial charge in [-0.1, -0.05) is 99.7 Å². The lowest BCUT2D eigenvalue weighted by atomic mass is 9.71. The zero-order valence-electron chi connectivity index (χ0n) is 19.1. The Hall–Kier alpha value is -2.22. The monoisotopic (exact) mass is 402 g/mol. The van der Waals surface area contributed by atoms with Crippen LogP contribution in [0.3, 0.4) is 0 Å². The summed E-state index contributed by atoms with van der Waals surface area (Å²) in [6.07, 6.45) is 12.4. The molecule has 0 heterocycles. The fraction of sp³-hybridized carbons (Fsp3) is 0.500. The van der Waals surface area contributed by atoms with Gasteiger partial charge in [-0.15, -0.1) is 0 Å². The van der Waals surface area contributed by atoms with E-state index in [1.54, 1.807) is 0 Å². The highest BCUT2D eigenvalue weighted by atomic mass is 15.2. The number of hydrogen-bond donors (Lipinski definition) is 0. The minimum Gasteiger partial charge on any atom is -0.158 e. The van der Waals surface area contributed by atoms with Crippen molar-refractivity contribution in [2.45, 2.75) is 72.1 Å². The summed E-state index contributed by atoms with van der Waals surface area (Å²) in [4.78, 5) is 0. The van der Waals surface area contributed by atoms with Gasteiger partial charge in [0.15, 0.2) is 0 Å². The maximum absolute atomic E-state index is 4.76. The van der Waals surface area contributed by atoms with Gasteiger partial charge in [-0.05, 0) is 55.6 Å². The SMILES string of the molecule is CCCC(CCC)C1CCC(C(=NN=Cc2ccc(C)cc2)c2ccccc2)CC1. The molecule has 0 aromatic heterocycles. The number of aryl methyl sites for hydroxylation is 1. The summed E-state index contributed by atoms with van der Waals surface area (Å²) in [6, 6.07) is 19.1. The Morgan fingerprint density at radius 2 is 1.53 bits per heavy atom. The summed E-state index contributed by atoms with van der Waals surface area (Å²) in [5.41, 5.74) is 4.75. The molecular formula is C28H38N2. The summed E-state index contributed by atoms with van der Waals surface area (Å²) in [5, 5.41) is 9.26. The van der Waals surface area contributed by atoms with Crippen LogP contribution in [0.15, 0.2) is 64.8 Å². The molecule has 1 saturated carbocycles. The highest BCUT2D eigenvalue weighted by Crippen LogP contribution is 2.38. The van der Waals surface area contributed by atoms with E-state index in [0.29, 0.717) is 5.92 Å². The van der Waals surface area contributed by atoms with Crippen LogP contribution in [0.4, 0.5) is 0 Å². The zero-order valence-corrected chi connectivity index (χ0v) is 19.1. The van der Waals surface area contributed by atoms with E-state index in [4.69, 9.17) is 5.10 Å². The minimum atomic E-state index is 0.516. The van der Waals surface area contributed by atoms with E-state index in [-0.39, 0.29) is 0 Å². The molecule has 2 heteroatoms. The molecule has 0 bridgehead atoms. The van der Waals surface area contributed by atoms with E-state index in [1.807, 2.05) is 6.21 Å². The first-order valence-corrected chi connectivity index (χ1v) is 11.9. The van der Waals surface area contributed by atoms with Gasteiger partial charge >= 0.3 is 0 Å². The number of hydrogen-bond acceptors (Lipinski definition) is 2. The minimum absolute atomic E-state index is 0.516. The molecule has 2 aromatic rings. The third-order valence-electron chi connectivity index (χ3n) is 6.66. The lowest BCUT2D eigenvalue weighted by molar-refractivity contribution is 0.206. The number of nitrogens with zero attached hydrogens (tertiary/aromatic N) is 2. The molecule has 1 aliphatic carbocycles. The number of rotatable bonds is 9. The van der Waals surface area contributed by atoms with Crippen LogP contribution < -0.4 is 0 Å². The molecule has 30 heavy (non-hydrogen) atoms. The molecule has 0 saturated heterocycles. The van der Waals surface area contributed by atoms with Gasteiger partial charge in [-0.3, -0.25) is 0 Å². The Labute approximate surface area is 183 Å². The molecule has 0 aliphatic heterocycles. The van der Waals surface area contributed by atoms with Crippen molar-refractivity contribution in [1.29, 1.82) is 0 Å². The number of benzene rings is 2. The second-order valence-corrected chi connectivity index (χ2v) is 8.96. The van der Waals surface area contributed by atoms with E-state index < -0.39 is 0 Å². The Kier molecular flexibility index (Phi) is 8.86. The zero-order chi connectivity index (χ0) is 21.2. The Morgan fingerprint density at radius 1 is 0.900 bits per heavy atom. The standard InChI is InChI=1S/C28H38N2/c1-4-9-24(10-5-2)25-17-19-27(20-18-25)28(26-11-7-6-8-12-26)30-29-21-23-15-13-22(3)14-16-23/h6-8,11-16,21,24-25,27H,4-5,9-10,17-20H2,1-3H3. The summed E-state index contributed by atoms with van der Waals surface area (Å²) < 4.78 is 0. The second kappa shape index (κ2) is 11.8. The van der Waals surface area contributed by atoms with Crippen molar-refractivity contribution in [3.8, 4) is 0 Å². The van der Waals surface area contributed by atoms with Gasteiger partial charge in [-0.2, -0.15) is 10.2 Å². The third-order valence-corrected chi connectivity index (χ3v) is 6.66. The smallest absolute Gasteiger partial charge is 0.0733 e. The largest absolute Gasteiger partial charge is 0.158 e. The van der Waals surface area contributed by atoms with Crippen molar-refractivity contribution >= 4 is 11.9 Å². The van der Waals surface area contributed by atoms with E-state index in [1.165, 1.54) is 68.2 Å². The van der Waals surface area contributed by atoms with Crippen LogP contribution in [0, 0.1) is 24.7 Å². The summed E-state index contributed by atoms with van der Waals surface area (Å²) in [5.74, 6) is 2.33. The average Bonchev–Trinajstić information content (AvgIpc) is 2.79. The fourth-order valence-corrected chi connectivity index (χ4v) is 5.02. The quantitative estimate of drug-likeness (QED) is 0.301. The van der Waals surface area contributed by atoms with Gasteiger partial charge in [0.05, 0.1) is 11.9 Å². The van der Waals surface area contributed by atoms with Crippen molar-refractivity contribution in [1.82, 2.24) is 0 Å². The molecule has 0 amide bonds. The van der Waals surface area contributed by atoms with Crippen molar-refractivity contribution in [3.63, 3.8) is 0 Å². The molecule has 1 aliphatic rings. The van der Waals surface area contributed by atoms with Crippen LogP contribution in [0.5, 0.6) is 0 Å². The maximum atomic E-state index is 4.76. The van der Waals surface area contributed by atoms with Crippen molar-refractivity contribution < 1.29 is 0 Å². The van der Waals surface area contributed by atoms with E-state index in [2.05, 4.69) is 80.5 Å². The first-order chi connectivity index (χ1) is 14.7. The summed E-state index contributed by atoms with van der Waals surface area (Å²) in [7, 11) is 0. The van der Waals surface area contributed by atoms with Crippen molar-refractivity contribution in [3.05, 3.63) is 71.3 Å². The predicted molar refractivity (Wildman–Crippen MR) is 131 cm³/mol. The molecule has 0 radical (unpaired) electrons. The highest BCUT2D eigenvalue weighted by molar-refractivity contribution is 6.02. The first kappa shape index (κ1) is 22.5. The molecule has 3 rings (SSSR count). The van der Waals surface area contributed by atoms with Gasteiger partial charge in [0.25, 0.3) is 0 Å². The van der Waals surface area contributed by atoms with Crippen molar-refractivity contribution in [2.24, 2.45) is 28.0 Å². The van der Waals surface area contributed by atoms with E-state index in [0.717, 1.165) is 17.4 Å². The summed E-state index contributed by atoms with van der Waals surface area (Å²) in [6.45, 7) is 6.77. The van der Waals surface area contributed by atoms with Gasteiger partial charge < -0.3 is 0 Å². The van der Waals surface area contributed by atoms with Crippen molar-refractivity contribution in [2.75, 3.05) is 0 Å². The van der Waals surface area contributed by atoms with Crippen LogP contribution in [-0.4, -0.2) is 11.9 Å². The Morgan fingerprint density at radius 3 is 2.13 bits per heavy atom. The van der Waals surface area contributed by atoms with Crippen LogP contribution >= 0.6 is 0 Å².